The second-order valence-corrected chi connectivity index (χ2v) is 7.61. The smallest absolute Gasteiger partial charge is 0.257 e. The van der Waals surface area contributed by atoms with E-state index >= 15 is 0 Å². The van der Waals surface area contributed by atoms with Crippen molar-refractivity contribution in [2.24, 2.45) is 0 Å². The van der Waals surface area contributed by atoms with Gasteiger partial charge in [0.25, 0.3) is 5.91 Å². The maximum Gasteiger partial charge on any atom is 0.257 e. The van der Waals surface area contributed by atoms with Gasteiger partial charge in [0.1, 0.15) is 11.5 Å². The third-order valence-electron chi connectivity index (χ3n) is 3.67. The molecule has 3 rings (SSSR count). The predicted molar refractivity (Wildman–Crippen MR) is 78.1 cm³/mol. The number of carbonyl (C=O) groups is 1. The Balaban J connectivity index is 1.75. The van der Waals surface area contributed by atoms with Crippen molar-refractivity contribution < 1.29 is 17.6 Å². The minimum Gasteiger partial charge on any atom is -0.336 e. The molecule has 0 aliphatic carbocycles. The van der Waals surface area contributed by atoms with E-state index in [1.807, 2.05) is 0 Å². The zero-order valence-corrected chi connectivity index (χ0v) is 12.6. The molecule has 1 saturated heterocycles. The van der Waals surface area contributed by atoms with E-state index in [2.05, 4.69) is 5.10 Å². The van der Waals surface area contributed by atoms with E-state index in [1.165, 1.54) is 28.0 Å². The number of sulfone groups is 1. The highest BCUT2D eigenvalue weighted by atomic mass is 32.2. The lowest BCUT2D eigenvalue weighted by atomic mass is 10.2. The molecule has 1 fully saturated rings. The summed E-state index contributed by atoms with van der Waals surface area (Å²) >= 11 is 0. The number of halogens is 1. The molecule has 116 valence electrons. The minimum atomic E-state index is -3.12. The summed E-state index contributed by atoms with van der Waals surface area (Å²) in [5.41, 5.74) is 0.550. The van der Waals surface area contributed by atoms with Gasteiger partial charge in [-0.25, -0.2) is 17.5 Å². The molecule has 6 nitrogen and oxygen atoms in total. The average molecular weight is 323 g/mol. The summed E-state index contributed by atoms with van der Waals surface area (Å²) in [6.45, 7) is 0.366. The average Bonchev–Trinajstić information content (AvgIpc) is 2.85. The van der Waals surface area contributed by atoms with Crippen LogP contribution in [0.15, 0.2) is 36.7 Å². The van der Waals surface area contributed by atoms with Gasteiger partial charge in [0.15, 0.2) is 9.84 Å². The summed E-state index contributed by atoms with van der Waals surface area (Å²) in [4.78, 5) is 13.7. The van der Waals surface area contributed by atoms with Crippen LogP contribution in [-0.4, -0.2) is 53.6 Å². The second kappa shape index (κ2) is 5.20. The number of amides is 1. The topological polar surface area (TPSA) is 72.3 Å². The van der Waals surface area contributed by atoms with Crippen molar-refractivity contribution in [3.63, 3.8) is 0 Å². The normalized spacial score (nSPS) is 15.6. The summed E-state index contributed by atoms with van der Waals surface area (Å²) in [6.07, 6.45) is 3.95. The Morgan fingerprint density at radius 3 is 2.64 bits per heavy atom. The SMILES string of the molecule is CS(=O)(=O)C1CN(C(=O)c2cnn(-c3ccccc3F)c2)C1. The molecule has 0 N–H and O–H groups in total. The summed E-state index contributed by atoms with van der Waals surface area (Å²) < 4.78 is 37.7. The van der Waals surface area contributed by atoms with E-state index in [-0.39, 0.29) is 24.7 Å². The van der Waals surface area contributed by atoms with Crippen molar-refractivity contribution in [2.75, 3.05) is 19.3 Å². The highest BCUT2D eigenvalue weighted by molar-refractivity contribution is 7.91. The Labute approximate surface area is 127 Å². The quantitative estimate of drug-likeness (QED) is 0.840. The van der Waals surface area contributed by atoms with Gasteiger partial charge in [0, 0.05) is 25.5 Å². The maximum absolute atomic E-state index is 13.7. The van der Waals surface area contributed by atoms with Crippen LogP contribution >= 0.6 is 0 Å². The molecule has 1 aliphatic heterocycles. The number of para-hydroxylation sites is 1. The van der Waals surface area contributed by atoms with Crippen LogP contribution in [0.4, 0.5) is 4.39 Å². The fourth-order valence-corrected chi connectivity index (χ4v) is 3.16. The first kappa shape index (κ1) is 14.7. The first-order valence-corrected chi connectivity index (χ1v) is 8.59. The Bertz CT molecular complexity index is 825. The Morgan fingerprint density at radius 2 is 2.00 bits per heavy atom. The van der Waals surface area contributed by atoms with Gasteiger partial charge in [-0.1, -0.05) is 12.1 Å². The molecule has 0 spiro atoms. The molecule has 0 saturated carbocycles. The number of aromatic nitrogens is 2. The second-order valence-electron chi connectivity index (χ2n) is 5.29. The Hall–Kier alpha value is -2.22. The van der Waals surface area contributed by atoms with Crippen molar-refractivity contribution in [1.82, 2.24) is 14.7 Å². The van der Waals surface area contributed by atoms with Crippen LogP contribution in [0.2, 0.25) is 0 Å². The van der Waals surface area contributed by atoms with Gasteiger partial charge in [0.2, 0.25) is 0 Å². The van der Waals surface area contributed by atoms with Crippen molar-refractivity contribution >= 4 is 15.7 Å². The van der Waals surface area contributed by atoms with E-state index in [0.717, 1.165) is 6.26 Å². The van der Waals surface area contributed by atoms with Crippen molar-refractivity contribution in [1.29, 1.82) is 0 Å². The number of carbonyl (C=O) groups excluding carboxylic acids is 1. The van der Waals surface area contributed by atoms with Gasteiger partial charge in [0.05, 0.1) is 17.0 Å². The largest absolute Gasteiger partial charge is 0.336 e. The van der Waals surface area contributed by atoms with Crippen LogP contribution in [0, 0.1) is 5.82 Å². The number of nitrogens with zero attached hydrogens (tertiary/aromatic N) is 3. The molecule has 8 heteroatoms. The van der Waals surface area contributed by atoms with E-state index < -0.39 is 20.9 Å². The van der Waals surface area contributed by atoms with Gasteiger partial charge >= 0.3 is 0 Å². The lowest BCUT2D eigenvalue weighted by molar-refractivity contribution is 0.0659. The maximum atomic E-state index is 13.7. The number of benzene rings is 1. The van der Waals surface area contributed by atoms with Gasteiger partial charge in [-0.15, -0.1) is 0 Å². The number of hydrogen-bond acceptors (Lipinski definition) is 4. The molecular formula is C14H14FN3O3S. The molecule has 1 aromatic carbocycles. The number of likely N-dealkylation sites (tertiary alicyclic amines) is 1. The molecule has 22 heavy (non-hydrogen) atoms. The summed E-state index contributed by atoms with van der Waals surface area (Å²) in [6, 6.07) is 6.11. The van der Waals surface area contributed by atoms with Crippen LogP contribution < -0.4 is 0 Å². The van der Waals surface area contributed by atoms with E-state index in [4.69, 9.17) is 0 Å². The zero-order valence-electron chi connectivity index (χ0n) is 11.8. The third-order valence-corrected chi connectivity index (χ3v) is 5.18. The molecule has 1 aliphatic rings. The molecule has 1 aromatic heterocycles. The van der Waals surface area contributed by atoms with Gasteiger partial charge < -0.3 is 4.90 Å². The van der Waals surface area contributed by atoms with Gasteiger partial charge in [-0.2, -0.15) is 5.10 Å². The molecular weight excluding hydrogens is 309 g/mol. The van der Waals surface area contributed by atoms with Crippen LogP contribution in [-0.2, 0) is 9.84 Å². The molecule has 0 atom stereocenters. The zero-order chi connectivity index (χ0) is 15.9. The van der Waals surface area contributed by atoms with E-state index in [9.17, 15) is 17.6 Å². The van der Waals surface area contributed by atoms with Crippen LogP contribution in [0.5, 0.6) is 0 Å². The number of hydrogen-bond donors (Lipinski definition) is 0. The van der Waals surface area contributed by atoms with Gasteiger partial charge in [-0.05, 0) is 12.1 Å². The molecule has 2 aromatic rings. The lowest BCUT2D eigenvalue weighted by Gasteiger charge is -2.37. The Kier molecular flexibility index (Phi) is 3.48. The molecule has 0 unspecified atom stereocenters. The van der Waals surface area contributed by atoms with Crippen LogP contribution in [0.25, 0.3) is 5.69 Å². The highest BCUT2D eigenvalue weighted by Crippen LogP contribution is 2.19. The monoisotopic (exact) mass is 323 g/mol. The molecule has 0 radical (unpaired) electrons. The first-order valence-electron chi connectivity index (χ1n) is 6.64. The van der Waals surface area contributed by atoms with Crippen molar-refractivity contribution in [2.45, 2.75) is 5.25 Å². The molecule has 0 bridgehead atoms. The number of rotatable bonds is 3. The van der Waals surface area contributed by atoms with E-state index in [0.29, 0.717) is 5.56 Å². The van der Waals surface area contributed by atoms with Crippen molar-refractivity contribution in [3.8, 4) is 5.69 Å². The summed E-state index contributed by atoms with van der Waals surface area (Å²) in [5, 5.41) is 3.49. The summed E-state index contributed by atoms with van der Waals surface area (Å²) in [7, 11) is -3.12. The van der Waals surface area contributed by atoms with Crippen molar-refractivity contribution in [3.05, 3.63) is 48.0 Å². The minimum absolute atomic E-state index is 0.183. The van der Waals surface area contributed by atoms with E-state index in [1.54, 1.807) is 18.2 Å². The fraction of sp³-hybridized carbons (Fsp3) is 0.286. The fourth-order valence-electron chi connectivity index (χ4n) is 2.26. The highest BCUT2D eigenvalue weighted by Gasteiger charge is 2.37. The molecule has 2 heterocycles. The molecule has 1 amide bonds. The lowest BCUT2D eigenvalue weighted by Crippen LogP contribution is -2.56. The predicted octanol–water partition coefficient (Wildman–Crippen LogP) is 0.880. The summed E-state index contributed by atoms with van der Waals surface area (Å²) in [5.74, 6) is -0.742. The van der Waals surface area contributed by atoms with Crippen LogP contribution in [0.1, 0.15) is 10.4 Å². The third kappa shape index (κ3) is 2.61. The Morgan fingerprint density at radius 1 is 1.32 bits per heavy atom. The van der Waals surface area contributed by atoms with Gasteiger partial charge in [-0.3, -0.25) is 4.79 Å². The first-order chi connectivity index (χ1) is 10.4. The standard InChI is InChI=1S/C14H14FN3O3S/c1-22(20,21)11-8-17(9-11)14(19)10-6-16-18(7-10)13-5-3-2-4-12(13)15/h2-7,11H,8-9H2,1H3. The van der Waals surface area contributed by atoms with Crippen LogP contribution in [0.3, 0.4) is 0 Å².